The van der Waals surface area contributed by atoms with Crippen LogP contribution < -0.4 is 4.74 Å². The van der Waals surface area contributed by atoms with Crippen LogP contribution in [0, 0.1) is 5.82 Å². The first kappa shape index (κ1) is 16.9. The van der Waals surface area contributed by atoms with Crippen LogP contribution in [0.25, 0.3) is 11.3 Å². The van der Waals surface area contributed by atoms with E-state index < -0.39 is 5.82 Å². The van der Waals surface area contributed by atoms with E-state index >= 15 is 0 Å². The Morgan fingerprint density at radius 2 is 2.29 bits per heavy atom. The van der Waals surface area contributed by atoms with Crippen molar-refractivity contribution < 1.29 is 18.6 Å². The lowest BCUT2D eigenvalue weighted by Crippen LogP contribution is -2.38. The van der Waals surface area contributed by atoms with E-state index in [1.807, 2.05) is 13.1 Å². The van der Waals surface area contributed by atoms with Gasteiger partial charge in [0.05, 0.1) is 44.9 Å². The van der Waals surface area contributed by atoms with E-state index in [1.54, 1.807) is 12.3 Å². The maximum absolute atomic E-state index is 13.9. The molecule has 24 heavy (non-hydrogen) atoms. The number of likely N-dealkylation sites (N-methyl/N-ethyl adjacent to an activating group) is 1. The third kappa shape index (κ3) is 3.92. The molecule has 0 amide bonds. The molecule has 0 spiro atoms. The fraction of sp³-hybridized carbons (Fsp3) is 0.471. The van der Waals surface area contributed by atoms with Crippen molar-refractivity contribution in [2.45, 2.75) is 12.6 Å². The number of halogens is 1. The van der Waals surface area contributed by atoms with E-state index in [1.165, 1.54) is 13.2 Å². The van der Waals surface area contributed by atoms with Crippen LogP contribution in [0.5, 0.6) is 5.75 Å². The number of hydrogen-bond acceptors (Lipinski definition) is 5. The zero-order chi connectivity index (χ0) is 16.9. The second kappa shape index (κ2) is 7.74. The van der Waals surface area contributed by atoms with Crippen LogP contribution in [0.3, 0.4) is 0 Å². The molecule has 1 aliphatic heterocycles. The molecule has 0 aliphatic carbocycles. The van der Waals surface area contributed by atoms with Crippen LogP contribution in [-0.4, -0.2) is 61.7 Å². The van der Waals surface area contributed by atoms with Gasteiger partial charge in [0.25, 0.3) is 0 Å². The molecule has 3 rings (SSSR count). The number of aromatic nitrogens is 2. The SMILES string of the molecule is COc1ccc(-c2[nH]ncc2CN(C)C[C@H]2COCCO2)cc1F. The second-order valence-corrected chi connectivity index (χ2v) is 5.88. The Labute approximate surface area is 140 Å². The standard InChI is InChI=1S/C17H22FN3O3/c1-21(10-14-11-23-5-6-24-14)9-13-8-19-20-17(13)12-3-4-16(22-2)15(18)7-12/h3-4,7-8,14H,5-6,9-11H2,1-2H3,(H,19,20)/t14-/m0/s1. The van der Waals surface area contributed by atoms with Gasteiger partial charge in [-0.05, 0) is 25.2 Å². The lowest BCUT2D eigenvalue weighted by atomic mass is 10.1. The fourth-order valence-electron chi connectivity index (χ4n) is 2.85. The number of aromatic amines is 1. The van der Waals surface area contributed by atoms with Crippen molar-refractivity contribution in [2.24, 2.45) is 0 Å². The Morgan fingerprint density at radius 1 is 1.42 bits per heavy atom. The van der Waals surface area contributed by atoms with Crippen LogP contribution in [0.2, 0.25) is 0 Å². The zero-order valence-corrected chi connectivity index (χ0v) is 13.9. The lowest BCUT2D eigenvalue weighted by Gasteiger charge is -2.27. The highest BCUT2D eigenvalue weighted by Gasteiger charge is 2.18. The molecule has 2 aromatic rings. The summed E-state index contributed by atoms with van der Waals surface area (Å²) in [4.78, 5) is 2.15. The van der Waals surface area contributed by atoms with Crippen molar-refractivity contribution in [3.8, 4) is 17.0 Å². The fourth-order valence-corrected chi connectivity index (χ4v) is 2.85. The molecule has 1 atom stereocenters. The van der Waals surface area contributed by atoms with E-state index in [-0.39, 0.29) is 11.9 Å². The van der Waals surface area contributed by atoms with Crippen LogP contribution in [0.4, 0.5) is 4.39 Å². The van der Waals surface area contributed by atoms with Gasteiger partial charge in [-0.25, -0.2) is 4.39 Å². The highest BCUT2D eigenvalue weighted by Crippen LogP contribution is 2.27. The summed E-state index contributed by atoms with van der Waals surface area (Å²) in [5, 5.41) is 7.06. The summed E-state index contributed by atoms with van der Waals surface area (Å²) in [6, 6.07) is 4.89. The lowest BCUT2D eigenvalue weighted by molar-refractivity contribution is -0.0962. The van der Waals surface area contributed by atoms with Gasteiger partial charge in [0.1, 0.15) is 0 Å². The number of nitrogens with zero attached hydrogens (tertiary/aromatic N) is 2. The summed E-state index contributed by atoms with van der Waals surface area (Å²) < 4.78 is 30.0. The molecule has 130 valence electrons. The van der Waals surface area contributed by atoms with Crippen molar-refractivity contribution in [1.82, 2.24) is 15.1 Å². The molecule has 1 aliphatic rings. The minimum atomic E-state index is -0.392. The van der Waals surface area contributed by atoms with Crippen molar-refractivity contribution in [2.75, 3.05) is 40.5 Å². The molecule has 0 saturated carbocycles. The van der Waals surface area contributed by atoms with Gasteiger partial charge >= 0.3 is 0 Å². The Morgan fingerprint density at radius 3 is 3.00 bits per heavy atom. The summed E-state index contributed by atoms with van der Waals surface area (Å²) in [6.45, 7) is 3.36. The first-order valence-electron chi connectivity index (χ1n) is 7.91. The molecule has 0 bridgehead atoms. The zero-order valence-electron chi connectivity index (χ0n) is 13.9. The Balaban J connectivity index is 1.69. The Kier molecular flexibility index (Phi) is 5.44. The molecular weight excluding hydrogens is 313 g/mol. The Hall–Kier alpha value is -1.96. The van der Waals surface area contributed by atoms with Gasteiger partial charge in [-0.2, -0.15) is 5.10 Å². The molecule has 7 heteroatoms. The average molecular weight is 335 g/mol. The molecule has 2 heterocycles. The van der Waals surface area contributed by atoms with Crippen LogP contribution in [0.1, 0.15) is 5.56 Å². The third-order valence-electron chi connectivity index (χ3n) is 4.00. The molecule has 1 saturated heterocycles. The molecule has 1 N–H and O–H groups in total. The maximum atomic E-state index is 13.9. The van der Waals surface area contributed by atoms with E-state index in [0.29, 0.717) is 26.4 Å². The first-order valence-corrected chi connectivity index (χ1v) is 7.91. The van der Waals surface area contributed by atoms with Crippen molar-refractivity contribution in [3.63, 3.8) is 0 Å². The minimum absolute atomic E-state index is 0.0810. The summed E-state index contributed by atoms with van der Waals surface area (Å²) in [7, 11) is 3.47. The van der Waals surface area contributed by atoms with Crippen LogP contribution >= 0.6 is 0 Å². The second-order valence-electron chi connectivity index (χ2n) is 5.88. The normalized spacial score (nSPS) is 18.1. The van der Waals surface area contributed by atoms with Gasteiger partial charge in [0.2, 0.25) is 0 Å². The van der Waals surface area contributed by atoms with Crippen molar-refractivity contribution in [3.05, 3.63) is 35.8 Å². The van der Waals surface area contributed by atoms with Crippen molar-refractivity contribution >= 4 is 0 Å². The summed E-state index contributed by atoms with van der Waals surface area (Å²) in [6.07, 6.45) is 1.85. The molecule has 1 aromatic heterocycles. The largest absolute Gasteiger partial charge is 0.494 e. The highest BCUT2D eigenvalue weighted by atomic mass is 19.1. The average Bonchev–Trinajstić information content (AvgIpc) is 3.03. The number of nitrogens with one attached hydrogen (secondary N) is 1. The summed E-state index contributed by atoms with van der Waals surface area (Å²) in [5.74, 6) is -0.164. The quantitative estimate of drug-likeness (QED) is 0.876. The number of ether oxygens (including phenoxy) is 3. The predicted octanol–water partition coefficient (Wildman–Crippen LogP) is 2.07. The predicted molar refractivity (Wildman–Crippen MR) is 87.4 cm³/mol. The molecule has 1 aromatic carbocycles. The molecule has 6 nitrogen and oxygen atoms in total. The van der Waals surface area contributed by atoms with Crippen LogP contribution in [-0.2, 0) is 16.0 Å². The summed E-state index contributed by atoms with van der Waals surface area (Å²) in [5.41, 5.74) is 2.55. The maximum Gasteiger partial charge on any atom is 0.165 e. The number of methoxy groups -OCH3 is 1. The topological polar surface area (TPSA) is 59.6 Å². The van der Waals surface area contributed by atoms with Crippen LogP contribution in [0.15, 0.2) is 24.4 Å². The highest BCUT2D eigenvalue weighted by molar-refractivity contribution is 5.63. The van der Waals surface area contributed by atoms with Gasteiger partial charge in [-0.15, -0.1) is 0 Å². The van der Waals surface area contributed by atoms with E-state index in [9.17, 15) is 4.39 Å². The van der Waals surface area contributed by atoms with Gasteiger partial charge in [0, 0.05) is 24.2 Å². The van der Waals surface area contributed by atoms with E-state index in [4.69, 9.17) is 14.2 Å². The third-order valence-corrected chi connectivity index (χ3v) is 4.00. The Bertz CT molecular complexity index is 671. The number of hydrogen-bond donors (Lipinski definition) is 1. The number of benzene rings is 1. The van der Waals surface area contributed by atoms with Gasteiger partial charge in [-0.1, -0.05) is 0 Å². The van der Waals surface area contributed by atoms with E-state index in [2.05, 4.69) is 15.1 Å². The smallest absolute Gasteiger partial charge is 0.165 e. The molecular formula is C17H22FN3O3. The number of H-pyrrole nitrogens is 1. The molecule has 0 radical (unpaired) electrons. The molecule has 0 unspecified atom stereocenters. The monoisotopic (exact) mass is 335 g/mol. The minimum Gasteiger partial charge on any atom is -0.494 e. The summed E-state index contributed by atoms with van der Waals surface area (Å²) >= 11 is 0. The van der Waals surface area contributed by atoms with Crippen molar-refractivity contribution in [1.29, 1.82) is 0 Å². The van der Waals surface area contributed by atoms with Gasteiger partial charge in [-0.3, -0.25) is 10.00 Å². The molecule has 1 fully saturated rings. The van der Waals surface area contributed by atoms with Gasteiger partial charge in [0.15, 0.2) is 11.6 Å². The first-order chi connectivity index (χ1) is 11.7. The van der Waals surface area contributed by atoms with E-state index in [0.717, 1.165) is 23.4 Å². The van der Waals surface area contributed by atoms with Gasteiger partial charge < -0.3 is 14.2 Å². The number of rotatable bonds is 6.